The third-order valence-corrected chi connectivity index (χ3v) is 58.6. The zero-order valence-electron chi connectivity index (χ0n) is 23.0. The monoisotopic (exact) mass is 800 g/mol. The second-order valence-corrected chi connectivity index (χ2v) is 60.6. The van der Waals surface area contributed by atoms with Gasteiger partial charge in [0.25, 0.3) is 26.8 Å². The Bertz CT molecular complexity index is 652. The van der Waals surface area contributed by atoms with Crippen molar-refractivity contribution in [2.24, 2.45) is 0 Å². The van der Waals surface area contributed by atoms with E-state index in [4.69, 9.17) is 105 Å². The van der Waals surface area contributed by atoms with Crippen LogP contribution in [0.3, 0.4) is 0 Å². The highest BCUT2D eigenvalue weighted by molar-refractivity contribution is 7.50. The van der Waals surface area contributed by atoms with E-state index in [0.717, 1.165) is 0 Å². The lowest BCUT2D eigenvalue weighted by Crippen LogP contribution is -2.74. The van der Waals surface area contributed by atoms with Crippen molar-refractivity contribution in [1.29, 1.82) is 0 Å². The molecular formula is C16H40Cl8O4Si8. The Hall–Kier alpha value is 3.90. The van der Waals surface area contributed by atoms with Crippen LogP contribution in [0.25, 0.3) is 0 Å². The molecule has 0 aromatic rings. The van der Waals surface area contributed by atoms with E-state index in [2.05, 4.69) is 0 Å². The lowest BCUT2D eigenvalue weighted by atomic mass is 10.9. The van der Waals surface area contributed by atoms with Gasteiger partial charge in [-0.05, 0) is 52.4 Å². The van der Waals surface area contributed by atoms with Crippen LogP contribution < -0.4 is 0 Å². The van der Waals surface area contributed by atoms with E-state index in [1.807, 2.05) is 80.1 Å². The predicted molar refractivity (Wildman–Crippen MR) is 182 cm³/mol. The van der Waals surface area contributed by atoms with Gasteiger partial charge in [-0.1, -0.05) is 27.7 Å². The van der Waals surface area contributed by atoms with Crippen LogP contribution in [0.15, 0.2) is 0 Å². The SMILES string of the molecule is CC([Si](C)(Cl)Cl)[Si]1(C)O[Si](C)(C(C)[Si](C)(Cl)Cl)O[Si](C)(C(C)[Si](C)(Cl)Cl)O[Si](C)(C(C)[Si](C)(Cl)Cl)O1. The van der Waals surface area contributed by atoms with E-state index in [1.165, 1.54) is 0 Å². The average molecular weight is 805 g/mol. The van der Waals surface area contributed by atoms with E-state index in [0.29, 0.717) is 0 Å². The number of rotatable bonds is 8. The van der Waals surface area contributed by atoms with Gasteiger partial charge in [-0.2, -0.15) is 0 Å². The lowest BCUT2D eigenvalue weighted by Gasteiger charge is -2.57. The van der Waals surface area contributed by atoms with Gasteiger partial charge in [-0.3, -0.25) is 0 Å². The van der Waals surface area contributed by atoms with Crippen LogP contribution in [0, 0.1) is 0 Å². The molecule has 216 valence electrons. The molecule has 0 aliphatic carbocycles. The summed E-state index contributed by atoms with van der Waals surface area (Å²) < 4.78 is 28.7. The van der Waals surface area contributed by atoms with Crippen LogP contribution in [0.5, 0.6) is 0 Å². The van der Waals surface area contributed by atoms with Crippen molar-refractivity contribution in [2.45, 2.75) is 101 Å². The van der Waals surface area contributed by atoms with Crippen molar-refractivity contribution >= 4 is 150 Å². The molecule has 1 heterocycles. The fraction of sp³-hybridized carbons (Fsp3) is 1.00. The smallest absolute Gasteiger partial charge is 0.319 e. The van der Waals surface area contributed by atoms with E-state index < -0.39 is 61.0 Å². The summed E-state index contributed by atoms with van der Waals surface area (Å²) in [6.45, 7) is 12.4. The molecule has 4 atom stereocenters. The summed E-state index contributed by atoms with van der Waals surface area (Å²) in [6, 6.07) is 0. The second-order valence-electron chi connectivity index (χ2n) is 11.2. The Balaban J connectivity index is 4.00. The van der Waals surface area contributed by atoms with Gasteiger partial charge in [0.15, 0.2) is 0 Å². The maximum Gasteiger partial charge on any atom is 0.319 e. The van der Waals surface area contributed by atoms with E-state index >= 15 is 0 Å². The van der Waals surface area contributed by atoms with Gasteiger partial charge in [-0.15, -0.1) is 88.6 Å². The molecule has 0 radical (unpaired) electrons. The quantitative estimate of drug-likeness (QED) is 0.181. The third-order valence-electron chi connectivity index (χ3n) is 7.81. The largest absolute Gasteiger partial charge is 0.415 e. The summed E-state index contributed by atoms with van der Waals surface area (Å²) in [4.78, 5) is 0. The molecule has 1 aliphatic heterocycles. The van der Waals surface area contributed by atoms with Crippen LogP contribution in [0.1, 0.15) is 27.7 Å². The van der Waals surface area contributed by atoms with Crippen molar-refractivity contribution in [3.05, 3.63) is 0 Å². The minimum atomic E-state index is -3.21. The van der Waals surface area contributed by atoms with Crippen molar-refractivity contribution in [3.8, 4) is 0 Å². The minimum absolute atomic E-state index is 0.236. The first-order valence-corrected chi connectivity index (χ1v) is 39.7. The fourth-order valence-electron chi connectivity index (χ4n) is 4.24. The van der Waals surface area contributed by atoms with Crippen molar-refractivity contribution in [3.63, 3.8) is 0 Å². The predicted octanol–water partition coefficient (Wildman–Crippen LogP) is 10.3. The highest BCUT2D eigenvalue weighted by Crippen LogP contribution is 2.53. The van der Waals surface area contributed by atoms with Crippen molar-refractivity contribution < 1.29 is 16.5 Å². The van der Waals surface area contributed by atoms with Gasteiger partial charge in [-0.25, -0.2) is 0 Å². The molecule has 0 amide bonds. The molecule has 0 saturated carbocycles. The molecule has 4 unspecified atom stereocenters. The number of halogens is 8. The third kappa shape index (κ3) is 8.96. The lowest BCUT2D eigenvalue weighted by molar-refractivity contribution is 0.217. The molecule has 36 heavy (non-hydrogen) atoms. The molecule has 0 aromatic heterocycles. The van der Waals surface area contributed by atoms with E-state index in [1.54, 1.807) is 0 Å². The first-order chi connectivity index (χ1) is 15.4. The topological polar surface area (TPSA) is 36.9 Å². The zero-order chi connectivity index (χ0) is 29.1. The molecule has 1 rings (SSSR count). The number of hydrogen-bond donors (Lipinski definition) is 0. The zero-order valence-corrected chi connectivity index (χ0v) is 37.0. The van der Waals surface area contributed by atoms with Gasteiger partial charge >= 0.3 is 34.2 Å². The Morgan fingerprint density at radius 3 is 0.583 bits per heavy atom. The summed E-state index contributed by atoms with van der Waals surface area (Å²) in [7, 11) is -12.8. The average Bonchev–Trinajstić information content (AvgIpc) is 2.60. The Kier molecular flexibility index (Phi) is 12.8. The highest BCUT2D eigenvalue weighted by Gasteiger charge is 2.68. The van der Waals surface area contributed by atoms with E-state index in [-0.39, 0.29) is 20.7 Å². The normalized spacial score (nSPS) is 37.0. The molecular weight excluding hydrogens is 764 g/mol. The molecule has 0 spiro atoms. The van der Waals surface area contributed by atoms with Crippen LogP contribution in [0.4, 0.5) is 0 Å². The van der Waals surface area contributed by atoms with Crippen LogP contribution in [0.2, 0.25) is 73.0 Å². The van der Waals surface area contributed by atoms with Gasteiger partial charge in [0.2, 0.25) is 0 Å². The summed E-state index contributed by atoms with van der Waals surface area (Å²) in [6.07, 6.45) is 0. The molecule has 0 aromatic carbocycles. The van der Waals surface area contributed by atoms with Crippen molar-refractivity contribution in [1.82, 2.24) is 0 Å². The van der Waals surface area contributed by atoms with Gasteiger partial charge in [0.1, 0.15) is 0 Å². The molecule has 0 bridgehead atoms. The summed E-state index contributed by atoms with van der Waals surface area (Å²) >= 11 is 54.5. The summed E-state index contributed by atoms with van der Waals surface area (Å²) in [5.74, 6) is 0. The van der Waals surface area contributed by atoms with Crippen LogP contribution in [-0.4, -0.2) is 61.0 Å². The number of hydrogen-bond acceptors (Lipinski definition) is 4. The molecule has 0 N–H and O–H groups in total. The Morgan fingerprint density at radius 1 is 0.389 bits per heavy atom. The summed E-state index contributed by atoms with van der Waals surface area (Å²) in [5.41, 5.74) is 0. The standard InChI is InChI=1S/C16H40Cl8O4Si8/c1-13(29(5,17)18)33(9)25-34(10,14(2)30(6,19)20)27-36(12,16(4)32(8,23)24)28-35(11,26-33)15(3)31(7,21)22/h13-16H,1-12H3. The van der Waals surface area contributed by atoms with Gasteiger partial charge in [0, 0.05) is 20.7 Å². The molecule has 1 aliphatic rings. The van der Waals surface area contributed by atoms with Gasteiger partial charge in [0.05, 0.1) is 0 Å². The van der Waals surface area contributed by atoms with E-state index in [9.17, 15) is 0 Å². The Morgan fingerprint density at radius 2 is 0.500 bits per heavy atom. The first kappa shape index (κ1) is 37.9. The maximum absolute atomic E-state index is 7.17. The fourth-order valence-corrected chi connectivity index (χ4v) is 58.2. The maximum atomic E-state index is 7.17. The second kappa shape index (κ2) is 12.1. The van der Waals surface area contributed by atoms with Gasteiger partial charge < -0.3 is 16.5 Å². The van der Waals surface area contributed by atoms with Crippen molar-refractivity contribution in [2.75, 3.05) is 0 Å². The molecule has 20 heteroatoms. The molecule has 4 nitrogen and oxygen atoms in total. The Labute approximate surface area is 264 Å². The molecule has 1 saturated heterocycles. The van der Waals surface area contributed by atoms with Crippen LogP contribution >= 0.6 is 88.6 Å². The summed E-state index contributed by atoms with van der Waals surface area (Å²) in [5, 5.41) is -0.945. The first-order valence-electron chi connectivity index (χ1n) is 11.8. The highest BCUT2D eigenvalue weighted by atomic mass is 35.7. The van der Waals surface area contributed by atoms with Crippen LogP contribution in [-0.2, 0) is 16.5 Å². The molecule has 1 fully saturated rings. The minimum Gasteiger partial charge on any atom is -0.415 e.